The van der Waals surface area contributed by atoms with Gasteiger partial charge in [0.1, 0.15) is 0 Å². The van der Waals surface area contributed by atoms with Crippen LogP contribution in [-0.2, 0) is 24.4 Å². The second kappa shape index (κ2) is 8.77. The summed E-state index contributed by atoms with van der Waals surface area (Å²) in [4.78, 5) is 2.46. The quantitative estimate of drug-likeness (QED) is 0.881. The smallest absolute Gasteiger partial charge is 0.0991 e. The maximum absolute atomic E-state index is 8.84. The van der Waals surface area contributed by atoms with Crippen LogP contribution in [0.15, 0.2) is 48.5 Å². The molecule has 1 saturated heterocycles. The molecular weight excluding hydrogens is 310 g/mol. The molecule has 0 bridgehead atoms. The van der Waals surface area contributed by atoms with Crippen LogP contribution in [0.5, 0.6) is 0 Å². The summed E-state index contributed by atoms with van der Waals surface area (Å²) >= 11 is 0. The van der Waals surface area contributed by atoms with Gasteiger partial charge in [0.25, 0.3) is 0 Å². The monoisotopic (exact) mass is 335 g/mol. The van der Waals surface area contributed by atoms with Crippen LogP contribution in [0.1, 0.15) is 29.2 Å². The van der Waals surface area contributed by atoms with Gasteiger partial charge >= 0.3 is 0 Å². The van der Waals surface area contributed by atoms with E-state index in [1.54, 1.807) is 0 Å². The molecule has 1 aliphatic heterocycles. The molecule has 1 atom stereocenters. The molecule has 4 nitrogen and oxygen atoms in total. The van der Waals surface area contributed by atoms with Gasteiger partial charge in [0.05, 0.1) is 24.3 Å². The molecule has 130 valence electrons. The van der Waals surface area contributed by atoms with Gasteiger partial charge in [-0.15, -0.1) is 0 Å². The third-order valence-electron chi connectivity index (χ3n) is 4.46. The Morgan fingerprint density at radius 2 is 1.88 bits per heavy atom. The van der Waals surface area contributed by atoms with Crippen LogP contribution in [0.4, 0.5) is 0 Å². The minimum Gasteiger partial charge on any atom is -0.376 e. The minimum absolute atomic E-state index is 0.325. The Kier molecular flexibility index (Phi) is 6.19. The first kappa shape index (κ1) is 17.6. The number of morpholine rings is 1. The Labute approximate surface area is 150 Å². The summed E-state index contributed by atoms with van der Waals surface area (Å²) in [6.07, 6.45) is 0.325. The molecule has 3 rings (SSSR count). The molecule has 1 fully saturated rings. The number of nitrogens with one attached hydrogen (secondary N) is 1. The summed E-state index contributed by atoms with van der Waals surface area (Å²) in [5.41, 5.74) is 4.55. The maximum atomic E-state index is 8.84. The van der Waals surface area contributed by atoms with Crippen molar-refractivity contribution in [3.05, 3.63) is 70.8 Å². The SMILES string of the molecule is C[C@@H]1CN(Cc2cccc(CNCc3ccc(C#N)cc3)c2)CCO1. The van der Waals surface area contributed by atoms with Gasteiger partial charge in [0.2, 0.25) is 0 Å². The fraction of sp³-hybridized carbons (Fsp3) is 0.381. The van der Waals surface area contributed by atoms with Gasteiger partial charge in [-0.3, -0.25) is 4.90 Å². The number of hydrogen-bond acceptors (Lipinski definition) is 4. The van der Waals surface area contributed by atoms with Crippen molar-refractivity contribution in [2.24, 2.45) is 0 Å². The van der Waals surface area contributed by atoms with Gasteiger partial charge in [-0.2, -0.15) is 5.26 Å². The average molecular weight is 335 g/mol. The van der Waals surface area contributed by atoms with E-state index < -0.39 is 0 Å². The van der Waals surface area contributed by atoms with Crippen molar-refractivity contribution in [2.75, 3.05) is 19.7 Å². The lowest BCUT2D eigenvalue weighted by atomic mass is 10.1. The molecule has 0 spiro atoms. The number of nitrogens with zero attached hydrogens (tertiary/aromatic N) is 2. The third-order valence-corrected chi connectivity index (χ3v) is 4.46. The molecule has 25 heavy (non-hydrogen) atoms. The van der Waals surface area contributed by atoms with E-state index in [1.807, 2.05) is 24.3 Å². The first-order valence-electron chi connectivity index (χ1n) is 8.84. The van der Waals surface area contributed by atoms with E-state index >= 15 is 0 Å². The van der Waals surface area contributed by atoms with E-state index in [0.29, 0.717) is 11.7 Å². The maximum Gasteiger partial charge on any atom is 0.0991 e. The molecule has 0 unspecified atom stereocenters. The second-order valence-corrected chi connectivity index (χ2v) is 6.65. The Hall–Kier alpha value is -2.19. The molecular formula is C21H25N3O. The van der Waals surface area contributed by atoms with Crippen molar-refractivity contribution in [2.45, 2.75) is 32.7 Å². The number of nitriles is 1. The molecule has 1 heterocycles. The number of rotatable bonds is 6. The van der Waals surface area contributed by atoms with Crippen molar-refractivity contribution in [1.29, 1.82) is 5.26 Å². The summed E-state index contributed by atoms with van der Waals surface area (Å²) in [6, 6.07) is 18.7. The zero-order valence-corrected chi connectivity index (χ0v) is 14.7. The predicted octanol–water partition coefficient (Wildman–Crippen LogP) is 3.07. The Bertz CT molecular complexity index is 721. The molecule has 2 aromatic rings. The van der Waals surface area contributed by atoms with E-state index in [0.717, 1.165) is 39.3 Å². The highest BCUT2D eigenvalue weighted by Gasteiger charge is 2.16. The summed E-state index contributed by atoms with van der Waals surface area (Å²) in [7, 11) is 0. The molecule has 1 aliphatic rings. The van der Waals surface area contributed by atoms with Crippen LogP contribution in [0.3, 0.4) is 0 Å². The topological polar surface area (TPSA) is 48.3 Å². The summed E-state index contributed by atoms with van der Waals surface area (Å²) < 4.78 is 5.61. The lowest BCUT2D eigenvalue weighted by molar-refractivity contribution is -0.0212. The van der Waals surface area contributed by atoms with E-state index in [9.17, 15) is 0 Å². The van der Waals surface area contributed by atoms with Gasteiger partial charge in [0, 0.05) is 32.7 Å². The Morgan fingerprint density at radius 1 is 1.12 bits per heavy atom. The van der Waals surface area contributed by atoms with Gasteiger partial charge in [-0.1, -0.05) is 36.4 Å². The first-order valence-corrected chi connectivity index (χ1v) is 8.84. The molecule has 0 radical (unpaired) electrons. The Morgan fingerprint density at radius 3 is 2.64 bits per heavy atom. The van der Waals surface area contributed by atoms with Crippen molar-refractivity contribution >= 4 is 0 Å². The van der Waals surface area contributed by atoms with E-state index in [-0.39, 0.29) is 0 Å². The van der Waals surface area contributed by atoms with Gasteiger partial charge in [0.15, 0.2) is 0 Å². The number of benzene rings is 2. The Balaban J connectivity index is 1.50. The lowest BCUT2D eigenvalue weighted by Crippen LogP contribution is -2.40. The van der Waals surface area contributed by atoms with E-state index in [4.69, 9.17) is 10.00 Å². The fourth-order valence-electron chi connectivity index (χ4n) is 3.18. The van der Waals surface area contributed by atoms with E-state index in [2.05, 4.69) is 47.5 Å². The fourth-order valence-corrected chi connectivity index (χ4v) is 3.18. The number of ether oxygens (including phenoxy) is 1. The zero-order chi connectivity index (χ0) is 17.5. The van der Waals surface area contributed by atoms with Crippen LogP contribution in [-0.4, -0.2) is 30.7 Å². The summed E-state index contributed by atoms with van der Waals surface area (Å²) in [5.74, 6) is 0. The first-order chi connectivity index (χ1) is 12.2. The zero-order valence-electron chi connectivity index (χ0n) is 14.7. The molecule has 4 heteroatoms. The molecule has 0 saturated carbocycles. The summed E-state index contributed by atoms with van der Waals surface area (Å²) in [5, 5.41) is 12.3. The van der Waals surface area contributed by atoms with Crippen LogP contribution in [0.2, 0.25) is 0 Å². The van der Waals surface area contributed by atoms with Crippen LogP contribution in [0.25, 0.3) is 0 Å². The molecule has 1 N–H and O–H groups in total. The lowest BCUT2D eigenvalue weighted by Gasteiger charge is -2.31. The second-order valence-electron chi connectivity index (χ2n) is 6.65. The van der Waals surface area contributed by atoms with Crippen molar-refractivity contribution in [3.8, 4) is 6.07 Å². The largest absolute Gasteiger partial charge is 0.376 e. The normalized spacial score (nSPS) is 18.0. The highest BCUT2D eigenvalue weighted by Crippen LogP contribution is 2.12. The predicted molar refractivity (Wildman–Crippen MR) is 98.8 cm³/mol. The van der Waals surface area contributed by atoms with Gasteiger partial charge in [-0.25, -0.2) is 0 Å². The van der Waals surface area contributed by atoms with Crippen molar-refractivity contribution < 1.29 is 4.74 Å². The van der Waals surface area contributed by atoms with Crippen molar-refractivity contribution in [1.82, 2.24) is 10.2 Å². The molecule has 0 aliphatic carbocycles. The minimum atomic E-state index is 0.325. The number of hydrogen-bond donors (Lipinski definition) is 1. The van der Waals surface area contributed by atoms with Gasteiger partial charge < -0.3 is 10.1 Å². The standard InChI is InChI=1S/C21H25N3O/c1-17-15-24(9-10-25-17)16-21-4-2-3-20(11-21)14-23-13-19-7-5-18(12-22)6-8-19/h2-8,11,17,23H,9-10,13-16H2,1H3/t17-/m1/s1. The van der Waals surface area contributed by atoms with E-state index in [1.165, 1.54) is 16.7 Å². The molecule has 0 aromatic heterocycles. The molecule has 2 aromatic carbocycles. The van der Waals surface area contributed by atoms with Crippen LogP contribution < -0.4 is 5.32 Å². The van der Waals surface area contributed by atoms with Crippen molar-refractivity contribution in [3.63, 3.8) is 0 Å². The van der Waals surface area contributed by atoms with Crippen LogP contribution >= 0.6 is 0 Å². The molecule has 0 amide bonds. The average Bonchev–Trinajstić information content (AvgIpc) is 2.63. The highest BCUT2D eigenvalue weighted by molar-refractivity contribution is 5.31. The van der Waals surface area contributed by atoms with Crippen LogP contribution in [0, 0.1) is 11.3 Å². The highest BCUT2D eigenvalue weighted by atomic mass is 16.5. The third kappa shape index (κ3) is 5.40. The summed E-state index contributed by atoms with van der Waals surface area (Å²) in [6.45, 7) is 7.59. The van der Waals surface area contributed by atoms with Gasteiger partial charge in [-0.05, 0) is 35.7 Å².